The molecule has 450 valence electrons. The van der Waals surface area contributed by atoms with Gasteiger partial charge in [0, 0.05) is 50.0 Å². The molecule has 0 amide bonds. The molecular weight excluding hydrogens is 1300 g/mol. The summed E-state index contributed by atoms with van der Waals surface area (Å²) >= 11 is 0. The second-order valence-corrected chi connectivity index (χ2v) is 31.1. The first-order chi connectivity index (χ1) is 43.5. The van der Waals surface area contributed by atoms with Gasteiger partial charge >= 0.3 is 0 Å². The number of aromatic nitrogens is 3. The number of fused-ring (bicyclic) bond motifs is 10. The quantitative estimate of drug-likeness (QED) is 0.0821. The van der Waals surface area contributed by atoms with E-state index in [1.54, 1.807) is 0 Å². The average Bonchev–Trinajstić information content (AvgIpc) is 1.72. The average molecular weight is 1380 g/mol. The number of nitrogens with zero attached hydrogens (tertiary/aromatic N) is 4. The van der Waals surface area contributed by atoms with Crippen molar-refractivity contribution in [2.75, 3.05) is 4.90 Å². The largest absolute Gasteiger partial charge is 0.509 e. The van der Waals surface area contributed by atoms with Gasteiger partial charge in [-0.15, -0.1) is 35.7 Å². The van der Waals surface area contributed by atoms with E-state index in [0.29, 0.717) is 11.5 Å². The Labute approximate surface area is 549 Å². The molecule has 1 aliphatic heterocycles. The van der Waals surface area contributed by atoms with Crippen LogP contribution in [0.15, 0.2) is 261 Å². The summed E-state index contributed by atoms with van der Waals surface area (Å²) in [5.74, 6) is 2.01. The Bertz CT molecular complexity index is 5110. The minimum Gasteiger partial charge on any atom is -0.509 e. The molecule has 0 atom stereocenters. The summed E-state index contributed by atoms with van der Waals surface area (Å²) in [6.07, 6.45) is 1.91. The summed E-state index contributed by atoms with van der Waals surface area (Å²) in [5, 5.41) is 14.6. The molecule has 0 saturated carbocycles. The van der Waals surface area contributed by atoms with Crippen LogP contribution in [0.4, 0.5) is 11.4 Å². The Kier molecular flexibility index (Phi) is 14.8. The first-order valence-electron chi connectivity index (χ1n) is 31.4. The van der Waals surface area contributed by atoms with E-state index in [9.17, 15) is 0 Å². The van der Waals surface area contributed by atoms with Gasteiger partial charge in [0.1, 0.15) is 5.82 Å². The fraction of sp³-hybridized carbons (Fsp3) is 0.143. The van der Waals surface area contributed by atoms with E-state index >= 15 is 0 Å². The topological polar surface area (TPSA) is 35.2 Å². The number of hydrogen-bond acceptors (Lipinski definition) is 3. The van der Waals surface area contributed by atoms with Crippen molar-refractivity contribution >= 4 is 105 Å². The van der Waals surface area contributed by atoms with Gasteiger partial charge in [-0.25, -0.2) is 4.98 Å². The molecule has 14 aromatic rings. The summed E-state index contributed by atoms with van der Waals surface area (Å²) < 4.78 is 11.6. The van der Waals surface area contributed by atoms with Crippen LogP contribution in [0.1, 0.15) is 79.0 Å². The fourth-order valence-corrected chi connectivity index (χ4v) is 18.7. The van der Waals surface area contributed by atoms with Crippen LogP contribution in [0.5, 0.6) is 11.5 Å². The Balaban J connectivity index is 0.00000721. The number of hydrogen-bond donors (Lipinski definition) is 0. The minimum atomic E-state index is -3.05. The molecule has 0 spiro atoms. The third-order valence-electron chi connectivity index (χ3n) is 18.5. The Morgan fingerprint density at radius 3 is 1.55 bits per heavy atom. The third kappa shape index (κ3) is 10.2. The van der Waals surface area contributed by atoms with Gasteiger partial charge in [0.05, 0.1) is 0 Å². The first kappa shape index (κ1) is 59.2. The van der Waals surface area contributed by atoms with Crippen molar-refractivity contribution in [3.8, 4) is 28.4 Å². The third-order valence-corrected chi connectivity index (χ3v) is 23.2. The molecular formula is C84H71N4OPtSi-3. The number of rotatable bonds is 9. The van der Waals surface area contributed by atoms with Crippen molar-refractivity contribution in [3.05, 3.63) is 296 Å². The van der Waals surface area contributed by atoms with Gasteiger partial charge in [-0.05, 0) is 144 Å². The molecule has 5 nitrogen and oxygen atoms in total. The molecule has 0 radical (unpaired) electrons. The molecule has 0 unspecified atom stereocenters. The Hall–Kier alpha value is -9.45. The van der Waals surface area contributed by atoms with Crippen LogP contribution in [-0.4, -0.2) is 22.2 Å². The van der Waals surface area contributed by atoms with E-state index in [2.05, 4.69) is 338 Å². The molecule has 7 heteroatoms. The number of benzene rings is 11. The summed E-state index contributed by atoms with van der Waals surface area (Å²) in [4.78, 5) is 7.25. The van der Waals surface area contributed by atoms with Crippen molar-refractivity contribution < 1.29 is 25.8 Å². The van der Waals surface area contributed by atoms with Crippen LogP contribution >= 0.6 is 0 Å². The second-order valence-electron chi connectivity index (χ2n) is 27.3. The Morgan fingerprint density at radius 2 is 0.934 bits per heavy atom. The van der Waals surface area contributed by atoms with Gasteiger partial charge in [0.15, 0.2) is 8.07 Å². The zero-order valence-corrected chi connectivity index (χ0v) is 56.2. The first-order valence-corrected chi connectivity index (χ1v) is 33.4. The van der Waals surface area contributed by atoms with Gasteiger partial charge < -0.3 is 18.8 Å². The standard InChI is InChI=1S/C84H71N4OSi.Pt/c1-82(2,3)57-45-46-85-79(52-57)88-76-41-24-23-39-71(76)72-44-43-62(54-78(72)88)89-61-28-25-27-60(53-61)86-55-87-80-74(50-59(84(7,8)9)51-75(80)70-38-22-20-36-68(70)67-35-19-21-37-69(67)73-40-26-42-77(86)81(73)87)56-47-58(83(4,5)6)49-66(48-56)90(63-29-13-10-14-30-63,64-31-15-11-16-32-64)65-33-17-12-18-34-65;/h10-52,55H,1-9H3;/q-3;. The number of anilines is 2. The van der Waals surface area contributed by atoms with Gasteiger partial charge in [0.2, 0.25) is 0 Å². The van der Waals surface area contributed by atoms with Crippen LogP contribution in [-0.2, 0) is 37.3 Å². The Morgan fingerprint density at radius 1 is 0.407 bits per heavy atom. The second kappa shape index (κ2) is 22.8. The van der Waals surface area contributed by atoms with E-state index in [4.69, 9.17) is 9.72 Å². The molecule has 0 N–H and O–H groups in total. The van der Waals surface area contributed by atoms with Crippen LogP contribution < -0.4 is 30.4 Å². The molecule has 0 aliphatic carbocycles. The molecule has 15 rings (SSSR count). The van der Waals surface area contributed by atoms with E-state index in [0.717, 1.165) is 66.4 Å². The van der Waals surface area contributed by atoms with Crippen LogP contribution in [0.25, 0.3) is 82.1 Å². The smallest absolute Gasteiger partial charge is 0.179 e. The maximum absolute atomic E-state index is 6.93. The molecule has 0 fully saturated rings. The summed E-state index contributed by atoms with van der Waals surface area (Å²) in [5.41, 5.74) is 11.6. The van der Waals surface area contributed by atoms with Gasteiger partial charge in [0.25, 0.3) is 0 Å². The summed E-state index contributed by atoms with van der Waals surface area (Å²) in [6.45, 7) is 23.2. The fourth-order valence-electron chi connectivity index (χ4n) is 13.9. The zero-order chi connectivity index (χ0) is 61.7. The normalized spacial score (nSPS) is 12.6. The molecule has 4 heterocycles. The molecule has 1 aliphatic rings. The van der Waals surface area contributed by atoms with Crippen molar-refractivity contribution in [1.29, 1.82) is 0 Å². The molecule has 91 heavy (non-hydrogen) atoms. The number of pyridine rings is 1. The van der Waals surface area contributed by atoms with Crippen LogP contribution in [0.3, 0.4) is 0 Å². The monoisotopic (exact) mass is 1370 g/mol. The maximum atomic E-state index is 6.93. The van der Waals surface area contributed by atoms with Gasteiger partial charge in [-0.2, -0.15) is 12.1 Å². The molecule has 11 aromatic carbocycles. The zero-order valence-electron chi connectivity index (χ0n) is 52.9. The number of para-hydroxylation sites is 2. The number of ether oxygens (including phenoxy) is 1. The predicted octanol–water partition coefficient (Wildman–Crippen LogP) is 19.2. The van der Waals surface area contributed by atoms with E-state index in [1.807, 2.05) is 18.3 Å². The van der Waals surface area contributed by atoms with Crippen LogP contribution in [0, 0.1) is 18.8 Å². The van der Waals surface area contributed by atoms with E-state index in [1.165, 1.54) is 64.5 Å². The van der Waals surface area contributed by atoms with Crippen molar-refractivity contribution in [1.82, 2.24) is 14.1 Å². The predicted molar refractivity (Wildman–Crippen MR) is 382 cm³/mol. The van der Waals surface area contributed by atoms with Crippen molar-refractivity contribution in [3.63, 3.8) is 0 Å². The van der Waals surface area contributed by atoms with Crippen molar-refractivity contribution in [2.24, 2.45) is 0 Å². The summed E-state index contributed by atoms with van der Waals surface area (Å²) in [6, 6.07) is 102. The molecule has 0 saturated heterocycles. The van der Waals surface area contributed by atoms with Gasteiger partial charge in [-0.1, -0.05) is 274 Å². The van der Waals surface area contributed by atoms with Crippen molar-refractivity contribution in [2.45, 2.75) is 78.6 Å². The molecule has 0 bridgehead atoms. The van der Waals surface area contributed by atoms with E-state index in [-0.39, 0.29) is 37.3 Å². The maximum Gasteiger partial charge on any atom is 0.179 e. The minimum absolute atomic E-state index is 0. The van der Waals surface area contributed by atoms with Crippen LogP contribution in [0.2, 0.25) is 0 Å². The SMILES string of the molecule is CC(C)(C)c1cc(-c2cc(C(C)(C)C)cc3c4ccccc4c4ccccc4c4cccc5c4n(c23)[CH-]N5c2[c-]c(Oc3[c-]c4c(cc3)c3ccccc3n4-c3cc(C(C)(C)C)ccn3)ccc2)cc([Si](c2ccccc2)(c2ccccc2)c2ccccc2)c1.[Pt]. The van der Waals surface area contributed by atoms with E-state index < -0.39 is 8.07 Å². The summed E-state index contributed by atoms with van der Waals surface area (Å²) in [7, 11) is -3.05. The van der Waals surface area contributed by atoms with Gasteiger partial charge in [-0.3, -0.25) is 0 Å². The molecule has 3 aromatic heterocycles.